The standard InChI is InChI=1S/C20H29N3O3S.C18H24ClN3O2S/c1-14(2)26-18-7-5-4-6-17(18)23-10-8-22(9-11-23)13-16(24)12-19-21-15(3)20(25)27-19;1-12-9-14(19)3-4-16(12)22-7-5-21(6-8-22)11-15(23)10-17-20-13(2)18(24)25-17/h4-7,14,16,24-25H,8-13H2,1-3H3;3-4,9,15,23-24H,5-8,10-11H2,1-2H3. The number of anilines is 2. The van der Waals surface area contributed by atoms with E-state index < -0.39 is 12.2 Å². The van der Waals surface area contributed by atoms with Crippen LogP contribution in [0.25, 0.3) is 0 Å². The molecule has 0 bridgehead atoms. The smallest absolute Gasteiger partial charge is 0.194 e. The Balaban J connectivity index is 0.000000202. The molecule has 0 amide bonds. The minimum Gasteiger partial charge on any atom is -0.498 e. The molecule has 2 atom stereocenters. The first kappa shape index (κ1) is 40.0. The summed E-state index contributed by atoms with van der Waals surface area (Å²) in [5, 5.41) is 42.8. The van der Waals surface area contributed by atoms with E-state index >= 15 is 0 Å². The molecule has 2 aliphatic rings. The Bertz CT molecular complexity index is 1680. The van der Waals surface area contributed by atoms with Crippen molar-refractivity contribution < 1.29 is 25.2 Å². The van der Waals surface area contributed by atoms with Gasteiger partial charge >= 0.3 is 0 Å². The van der Waals surface area contributed by atoms with Crippen molar-refractivity contribution in [2.24, 2.45) is 0 Å². The minimum atomic E-state index is -0.474. The maximum absolute atomic E-state index is 10.4. The summed E-state index contributed by atoms with van der Waals surface area (Å²) >= 11 is 8.54. The maximum atomic E-state index is 10.4. The fraction of sp³-hybridized carbons (Fsp3) is 0.526. The molecule has 0 radical (unpaired) electrons. The molecule has 14 heteroatoms. The monoisotopic (exact) mass is 772 g/mol. The highest BCUT2D eigenvalue weighted by atomic mass is 35.5. The fourth-order valence-electron chi connectivity index (χ4n) is 6.58. The number of thiazole rings is 2. The predicted octanol–water partition coefficient (Wildman–Crippen LogP) is 5.51. The summed E-state index contributed by atoms with van der Waals surface area (Å²) in [6, 6.07) is 14.2. The molecule has 4 heterocycles. The van der Waals surface area contributed by atoms with Crippen molar-refractivity contribution in [1.82, 2.24) is 19.8 Å². The Morgan fingerprint density at radius 1 is 0.712 bits per heavy atom. The highest BCUT2D eigenvalue weighted by Gasteiger charge is 2.24. The Labute approximate surface area is 320 Å². The van der Waals surface area contributed by atoms with E-state index in [1.807, 2.05) is 44.2 Å². The van der Waals surface area contributed by atoms with Gasteiger partial charge in [0.25, 0.3) is 0 Å². The Morgan fingerprint density at radius 2 is 1.19 bits per heavy atom. The highest BCUT2D eigenvalue weighted by Crippen LogP contribution is 2.31. The van der Waals surface area contributed by atoms with Crippen LogP contribution >= 0.6 is 34.3 Å². The zero-order chi connectivity index (χ0) is 37.4. The number of benzene rings is 2. The van der Waals surface area contributed by atoms with Crippen LogP contribution in [0.1, 0.15) is 40.8 Å². The van der Waals surface area contributed by atoms with Crippen molar-refractivity contribution in [3.63, 3.8) is 0 Å². The van der Waals surface area contributed by atoms with Gasteiger partial charge in [-0.3, -0.25) is 9.80 Å². The SMILES string of the molecule is Cc1cc(Cl)ccc1N1CCN(CC(O)Cc2nc(C)c(O)s2)CC1.Cc1nc(CC(O)CN2CCN(c3ccccc3OC(C)C)CC2)sc1O. The van der Waals surface area contributed by atoms with Crippen LogP contribution in [0.4, 0.5) is 11.4 Å². The van der Waals surface area contributed by atoms with Crippen molar-refractivity contribution in [2.45, 2.75) is 65.8 Å². The molecule has 2 unspecified atom stereocenters. The predicted molar refractivity (Wildman–Crippen MR) is 212 cm³/mol. The van der Waals surface area contributed by atoms with Crippen LogP contribution in [0.5, 0.6) is 15.9 Å². The van der Waals surface area contributed by atoms with Gasteiger partial charge in [0.1, 0.15) is 5.75 Å². The number of aliphatic hydroxyl groups excluding tert-OH is 2. The van der Waals surface area contributed by atoms with E-state index in [0.717, 1.165) is 78.8 Å². The van der Waals surface area contributed by atoms with Crippen LogP contribution in [0, 0.1) is 20.8 Å². The number of aryl methyl sites for hydroxylation is 3. The van der Waals surface area contributed by atoms with Gasteiger partial charge in [0, 0.05) is 89.0 Å². The topological polar surface area (TPSA) is 129 Å². The minimum absolute atomic E-state index is 0.150. The number of rotatable bonds is 12. The third-order valence-corrected chi connectivity index (χ3v) is 11.4. The van der Waals surface area contributed by atoms with Gasteiger partial charge in [0.05, 0.1) is 45.4 Å². The number of piperazine rings is 2. The molecule has 0 spiro atoms. The third-order valence-electron chi connectivity index (χ3n) is 9.20. The Hall–Kier alpha value is -3.17. The van der Waals surface area contributed by atoms with Crippen molar-refractivity contribution in [1.29, 1.82) is 0 Å². The molecule has 4 N–H and O–H groups in total. The maximum Gasteiger partial charge on any atom is 0.194 e. The van der Waals surface area contributed by atoms with E-state index in [9.17, 15) is 20.4 Å². The quantitative estimate of drug-likeness (QED) is 0.146. The van der Waals surface area contributed by atoms with Crippen LogP contribution < -0.4 is 14.5 Å². The van der Waals surface area contributed by atoms with Crippen molar-refractivity contribution >= 4 is 45.6 Å². The van der Waals surface area contributed by atoms with E-state index in [0.29, 0.717) is 37.3 Å². The molecule has 6 rings (SSSR count). The zero-order valence-electron chi connectivity index (χ0n) is 30.8. The van der Waals surface area contributed by atoms with Gasteiger partial charge in [-0.2, -0.15) is 0 Å². The number of halogens is 1. The summed E-state index contributed by atoms with van der Waals surface area (Å²) in [6.07, 6.45) is 0.184. The van der Waals surface area contributed by atoms with Gasteiger partial charge in [-0.1, -0.05) is 46.4 Å². The number of β-amino-alcohol motifs (C(OH)–C–C–N with tert-alkyl or cyclic N) is 2. The molecule has 11 nitrogen and oxygen atoms in total. The lowest BCUT2D eigenvalue weighted by atomic mass is 10.1. The summed E-state index contributed by atoms with van der Waals surface area (Å²) in [5.74, 6) is 0.930. The van der Waals surface area contributed by atoms with E-state index in [-0.39, 0.29) is 16.2 Å². The van der Waals surface area contributed by atoms with Crippen LogP contribution in [0.3, 0.4) is 0 Å². The number of hydrogen-bond acceptors (Lipinski definition) is 13. The highest BCUT2D eigenvalue weighted by molar-refractivity contribution is 7.13. The summed E-state index contributed by atoms with van der Waals surface area (Å²) < 4.78 is 5.95. The van der Waals surface area contributed by atoms with Crippen LogP contribution in [-0.2, 0) is 12.8 Å². The number of para-hydroxylation sites is 2. The van der Waals surface area contributed by atoms with Crippen molar-refractivity contribution in [3.05, 3.63) is 74.5 Å². The number of aromatic nitrogens is 2. The molecule has 0 aliphatic carbocycles. The third kappa shape index (κ3) is 11.4. The Kier molecular flexibility index (Phi) is 14.4. The fourth-order valence-corrected chi connectivity index (χ4v) is 8.55. The largest absolute Gasteiger partial charge is 0.498 e. The first-order valence-corrected chi connectivity index (χ1v) is 20.0. The van der Waals surface area contributed by atoms with E-state index in [1.165, 1.54) is 33.9 Å². The van der Waals surface area contributed by atoms with Gasteiger partial charge in [-0.15, -0.1) is 0 Å². The molecule has 284 valence electrons. The summed E-state index contributed by atoms with van der Waals surface area (Å²) in [7, 11) is 0. The van der Waals surface area contributed by atoms with Gasteiger partial charge in [-0.05, 0) is 70.5 Å². The van der Waals surface area contributed by atoms with E-state index in [2.05, 4.69) is 48.6 Å². The second-order valence-electron chi connectivity index (χ2n) is 13.9. The number of ether oxygens (including phenoxy) is 1. The molecule has 52 heavy (non-hydrogen) atoms. The van der Waals surface area contributed by atoms with E-state index in [1.54, 1.807) is 13.8 Å². The van der Waals surface area contributed by atoms with Crippen LogP contribution in [0.15, 0.2) is 42.5 Å². The van der Waals surface area contributed by atoms with Gasteiger partial charge in [0.15, 0.2) is 10.1 Å². The van der Waals surface area contributed by atoms with Crippen LogP contribution in [0.2, 0.25) is 5.02 Å². The second kappa shape index (κ2) is 18.7. The average molecular weight is 773 g/mol. The first-order chi connectivity index (χ1) is 24.8. The lowest BCUT2D eigenvalue weighted by molar-refractivity contribution is 0.109. The molecular weight excluding hydrogens is 720 g/mol. The molecule has 0 saturated carbocycles. The number of aliphatic hydroxyl groups is 2. The molecule has 2 saturated heterocycles. The molecule has 2 aromatic heterocycles. The average Bonchev–Trinajstić information content (AvgIpc) is 3.58. The van der Waals surface area contributed by atoms with Crippen molar-refractivity contribution in [2.75, 3.05) is 75.2 Å². The summed E-state index contributed by atoms with van der Waals surface area (Å²) in [4.78, 5) is 17.9. The molecule has 2 fully saturated rings. The van der Waals surface area contributed by atoms with E-state index in [4.69, 9.17) is 16.3 Å². The molecule has 2 aliphatic heterocycles. The van der Waals surface area contributed by atoms with Gasteiger partial charge in [-0.25, -0.2) is 9.97 Å². The zero-order valence-corrected chi connectivity index (χ0v) is 33.2. The normalized spacial score (nSPS) is 16.9. The lowest BCUT2D eigenvalue weighted by Crippen LogP contribution is -2.49. The number of hydrogen-bond donors (Lipinski definition) is 4. The molecular formula is C38H53ClN6O5S2. The second-order valence-corrected chi connectivity index (χ2v) is 16.4. The van der Waals surface area contributed by atoms with Crippen LogP contribution in [-0.4, -0.2) is 124 Å². The number of nitrogens with zero attached hydrogens (tertiary/aromatic N) is 6. The summed E-state index contributed by atoms with van der Waals surface area (Å²) in [5.41, 5.74) is 4.84. The number of aromatic hydroxyl groups is 2. The van der Waals surface area contributed by atoms with Gasteiger partial charge in [0.2, 0.25) is 0 Å². The Morgan fingerprint density at radius 3 is 1.63 bits per heavy atom. The molecule has 4 aromatic rings. The first-order valence-electron chi connectivity index (χ1n) is 18.0. The summed E-state index contributed by atoms with van der Waals surface area (Å²) in [6.45, 7) is 18.3. The molecule has 2 aromatic carbocycles. The van der Waals surface area contributed by atoms with Gasteiger partial charge < -0.3 is 35.0 Å². The lowest BCUT2D eigenvalue weighted by Gasteiger charge is -2.37. The van der Waals surface area contributed by atoms with Crippen molar-refractivity contribution in [3.8, 4) is 15.9 Å².